The number of hydrogen-bond donors (Lipinski definition) is 0. The van der Waals surface area contributed by atoms with Crippen LogP contribution in [0.15, 0.2) is 36.5 Å². The average molecular weight is 384 g/mol. The van der Waals surface area contributed by atoms with Crippen molar-refractivity contribution in [1.29, 1.82) is 0 Å². The van der Waals surface area contributed by atoms with Crippen molar-refractivity contribution in [2.45, 2.75) is 6.42 Å². The fourth-order valence-electron chi connectivity index (χ4n) is 3.21. The molecule has 0 radical (unpaired) electrons. The van der Waals surface area contributed by atoms with Crippen LogP contribution in [0.25, 0.3) is 10.8 Å². The predicted molar refractivity (Wildman–Crippen MR) is 104 cm³/mol. The third-order valence-corrected chi connectivity index (χ3v) is 4.49. The lowest BCUT2D eigenvalue weighted by molar-refractivity contribution is -0.385. The molecule has 0 unspecified atom stereocenters. The molecule has 0 spiro atoms. The van der Waals surface area contributed by atoms with Gasteiger partial charge in [0.2, 0.25) is 5.75 Å². The number of rotatable bonds is 7. The largest absolute Gasteiger partial charge is 0.494 e. The van der Waals surface area contributed by atoms with Gasteiger partial charge < -0.3 is 18.9 Å². The van der Waals surface area contributed by atoms with Gasteiger partial charge in [0, 0.05) is 23.4 Å². The van der Waals surface area contributed by atoms with E-state index < -0.39 is 4.92 Å². The normalized spacial score (nSPS) is 10.6. The van der Waals surface area contributed by atoms with E-state index in [1.165, 1.54) is 34.5 Å². The Labute approximate surface area is 161 Å². The van der Waals surface area contributed by atoms with E-state index in [0.717, 1.165) is 0 Å². The van der Waals surface area contributed by atoms with E-state index in [-0.39, 0.29) is 12.1 Å². The van der Waals surface area contributed by atoms with Crippen LogP contribution in [0.5, 0.6) is 23.0 Å². The van der Waals surface area contributed by atoms with Crippen molar-refractivity contribution in [1.82, 2.24) is 4.98 Å². The maximum absolute atomic E-state index is 11.4. The van der Waals surface area contributed by atoms with E-state index in [4.69, 9.17) is 18.9 Å². The van der Waals surface area contributed by atoms with Crippen LogP contribution in [-0.2, 0) is 6.42 Å². The Morgan fingerprint density at radius 1 is 0.964 bits per heavy atom. The van der Waals surface area contributed by atoms with Crippen LogP contribution < -0.4 is 18.9 Å². The first-order valence-corrected chi connectivity index (χ1v) is 8.42. The van der Waals surface area contributed by atoms with Gasteiger partial charge in [-0.25, -0.2) is 0 Å². The Kier molecular flexibility index (Phi) is 5.49. The zero-order valence-electron chi connectivity index (χ0n) is 16.0. The number of ether oxygens (including phenoxy) is 4. The average Bonchev–Trinajstić information content (AvgIpc) is 2.72. The fourth-order valence-corrected chi connectivity index (χ4v) is 3.21. The summed E-state index contributed by atoms with van der Waals surface area (Å²) in [5.74, 6) is 1.84. The summed E-state index contributed by atoms with van der Waals surface area (Å²) in [6.45, 7) is 0. The van der Waals surface area contributed by atoms with Crippen molar-refractivity contribution in [2.75, 3.05) is 28.4 Å². The molecule has 0 aliphatic rings. The Morgan fingerprint density at radius 2 is 1.64 bits per heavy atom. The van der Waals surface area contributed by atoms with Crippen LogP contribution in [0.3, 0.4) is 0 Å². The Morgan fingerprint density at radius 3 is 2.25 bits per heavy atom. The number of pyridine rings is 1. The van der Waals surface area contributed by atoms with Gasteiger partial charge in [0.15, 0.2) is 11.5 Å². The predicted octanol–water partition coefficient (Wildman–Crippen LogP) is 3.77. The first-order chi connectivity index (χ1) is 13.5. The molecule has 0 atom stereocenters. The molecular formula is C20H20N2O6. The van der Waals surface area contributed by atoms with Crippen molar-refractivity contribution in [3.8, 4) is 23.0 Å². The molecule has 8 heteroatoms. The van der Waals surface area contributed by atoms with E-state index >= 15 is 0 Å². The van der Waals surface area contributed by atoms with Gasteiger partial charge in [-0.15, -0.1) is 0 Å². The highest BCUT2D eigenvalue weighted by atomic mass is 16.6. The van der Waals surface area contributed by atoms with E-state index in [1.807, 2.05) is 0 Å². The number of para-hydroxylation sites is 1. The molecule has 0 aliphatic heterocycles. The minimum absolute atomic E-state index is 0.0423. The monoisotopic (exact) mass is 384 g/mol. The second kappa shape index (κ2) is 7.99. The summed E-state index contributed by atoms with van der Waals surface area (Å²) in [7, 11) is 6.11. The third kappa shape index (κ3) is 3.24. The summed E-state index contributed by atoms with van der Waals surface area (Å²) in [4.78, 5) is 15.5. The highest BCUT2D eigenvalue weighted by molar-refractivity contribution is 5.99. The number of fused-ring (bicyclic) bond motifs is 1. The SMILES string of the molecule is COc1cc2c(Cc3ccccc3[N+](=O)[O-])ncc(OC)c2c(OC)c1OC. The van der Waals surface area contributed by atoms with Crippen molar-refractivity contribution in [2.24, 2.45) is 0 Å². The first kappa shape index (κ1) is 19.2. The molecule has 0 saturated carbocycles. The van der Waals surface area contributed by atoms with Crippen LogP contribution in [0.1, 0.15) is 11.3 Å². The van der Waals surface area contributed by atoms with E-state index in [2.05, 4.69) is 4.98 Å². The van der Waals surface area contributed by atoms with Crippen LogP contribution in [0.4, 0.5) is 5.69 Å². The number of nitro groups is 1. The molecule has 0 N–H and O–H groups in total. The molecule has 0 bridgehead atoms. The third-order valence-electron chi connectivity index (χ3n) is 4.49. The maximum Gasteiger partial charge on any atom is 0.272 e. The molecule has 146 valence electrons. The van der Waals surface area contributed by atoms with Crippen molar-refractivity contribution in [3.05, 3.63) is 57.9 Å². The molecule has 0 saturated heterocycles. The lowest BCUT2D eigenvalue weighted by Gasteiger charge is -2.18. The van der Waals surface area contributed by atoms with Crippen LogP contribution >= 0.6 is 0 Å². The van der Waals surface area contributed by atoms with Gasteiger partial charge in [-0.1, -0.05) is 18.2 Å². The highest BCUT2D eigenvalue weighted by Crippen LogP contribution is 2.47. The van der Waals surface area contributed by atoms with Crippen molar-refractivity contribution >= 4 is 16.5 Å². The van der Waals surface area contributed by atoms with Gasteiger partial charge in [-0.05, 0) is 6.07 Å². The maximum atomic E-state index is 11.4. The Bertz CT molecular complexity index is 1030. The highest BCUT2D eigenvalue weighted by Gasteiger charge is 2.23. The smallest absolute Gasteiger partial charge is 0.272 e. The lowest BCUT2D eigenvalue weighted by Crippen LogP contribution is -2.02. The van der Waals surface area contributed by atoms with Gasteiger partial charge in [0.25, 0.3) is 5.69 Å². The number of benzene rings is 2. The van der Waals surface area contributed by atoms with Gasteiger partial charge in [0.05, 0.1) is 50.6 Å². The van der Waals surface area contributed by atoms with Crippen molar-refractivity contribution < 1.29 is 23.9 Å². The summed E-state index contributed by atoms with van der Waals surface area (Å²) in [6.07, 6.45) is 1.83. The van der Waals surface area contributed by atoms with Crippen LogP contribution in [0.2, 0.25) is 0 Å². The molecule has 0 fully saturated rings. The van der Waals surface area contributed by atoms with Crippen molar-refractivity contribution in [3.63, 3.8) is 0 Å². The molecule has 3 rings (SSSR count). The number of methoxy groups -OCH3 is 4. The van der Waals surface area contributed by atoms with Crippen LogP contribution in [0, 0.1) is 10.1 Å². The molecule has 0 amide bonds. The molecule has 1 heterocycles. The molecule has 8 nitrogen and oxygen atoms in total. The first-order valence-electron chi connectivity index (χ1n) is 8.42. The fraction of sp³-hybridized carbons (Fsp3) is 0.250. The summed E-state index contributed by atoms with van der Waals surface area (Å²) in [5, 5.41) is 12.7. The molecule has 0 aliphatic carbocycles. The summed E-state index contributed by atoms with van der Waals surface area (Å²) < 4.78 is 21.9. The summed E-state index contributed by atoms with van der Waals surface area (Å²) >= 11 is 0. The molecule has 3 aromatic rings. The standard InChI is InChI=1S/C20H20N2O6/c1-25-16-10-13-14(9-12-7-5-6-8-15(12)22(23)24)21-11-17(26-2)18(13)20(28-4)19(16)27-3/h5-8,10-11H,9H2,1-4H3. The molecular weight excluding hydrogens is 364 g/mol. The topological polar surface area (TPSA) is 93.0 Å². The van der Waals surface area contributed by atoms with Gasteiger partial charge in [-0.3, -0.25) is 15.1 Å². The Hall–Kier alpha value is -3.55. The zero-order valence-corrected chi connectivity index (χ0v) is 16.0. The van der Waals surface area contributed by atoms with Gasteiger partial charge in [-0.2, -0.15) is 0 Å². The second-order valence-electron chi connectivity index (χ2n) is 5.90. The number of hydrogen-bond acceptors (Lipinski definition) is 7. The lowest BCUT2D eigenvalue weighted by atomic mass is 10.0. The number of nitrogens with zero attached hydrogens (tertiary/aromatic N) is 2. The zero-order chi connectivity index (χ0) is 20.3. The second-order valence-corrected chi connectivity index (χ2v) is 5.90. The number of aromatic nitrogens is 1. The molecule has 28 heavy (non-hydrogen) atoms. The number of nitro benzene ring substituents is 1. The minimum Gasteiger partial charge on any atom is -0.494 e. The quantitative estimate of drug-likeness (QED) is 0.452. The molecule has 1 aromatic heterocycles. The van der Waals surface area contributed by atoms with E-state index in [9.17, 15) is 10.1 Å². The van der Waals surface area contributed by atoms with E-state index in [1.54, 1.807) is 30.5 Å². The van der Waals surface area contributed by atoms with E-state index in [0.29, 0.717) is 45.0 Å². The van der Waals surface area contributed by atoms with Gasteiger partial charge >= 0.3 is 0 Å². The summed E-state index contributed by atoms with van der Waals surface area (Å²) in [6, 6.07) is 8.37. The Balaban J connectivity index is 2.29. The van der Waals surface area contributed by atoms with Crippen LogP contribution in [-0.4, -0.2) is 38.3 Å². The molecule has 2 aromatic carbocycles. The summed E-state index contributed by atoms with van der Waals surface area (Å²) in [5.41, 5.74) is 1.23. The van der Waals surface area contributed by atoms with Gasteiger partial charge in [0.1, 0.15) is 5.75 Å². The minimum atomic E-state index is -0.398.